The number of nitrogens with zero attached hydrogens (tertiary/aromatic N) is 2. The highest BCUT2D eigenvalue weighted by atomic mass is 16.2. The van der Waals surface area contributed by atoms with Gasteiger partial charge in [-0.3, -0.25) is 9.59 Å². The number of carbonyl (C=O) groups is 2. The van der Waals surface area contributed by atoms with E-state index < -0.39 is 0 Å². The molecule has 26 heavy (non-hydrogen) atoms. The minimum atomic E-state index is 0.0828. The maximum atomic E-state index is 12.4. The summed E-state index contributed by atoms with van der Waals surface area (Å²) in [5.74, 6) is 0.321. The molecule has 0 spiro atoms. The van der Waals surface area contributed by atoms with Crippen LogP contribution in [0.15, 0.2) is 30.3 Å². The number of hydrogen-bond donors (Lipinski definition) is 1. The molecular weight excluding hydrogens is 326 g/mol. The molecule has 1 aromatic carbocycles. The third-order valence-corrected chi connectivity index (χ3v) is 5.16. The first-order valence-corrected chi connectivity index (χ1v) is 10.0. The molecule has 1 aromatic rings. The number of amides is 2. The van der Waals surface area contributed by atoms with Gasteiger partial charge in [-0.1, -0.05) is 44.9 Å². The Bertz CT molecular complexity index is 554. The quantitative estimate of drug-likeness (QED) is 0.737. The van der Waals surface area contributed by atoms with E-state index in [1.807, 2.05) is 23.1 Å². The van der Waals surface area contributed by atoms with Crippen molar-refractivity contribution in [3.05, 3.63) is 30.3 Å². The Kier molecular flexibility index (Phi) is 8.45. The van der Waals surface area contributed by atoms with Crippen molar-refractivity contribution in [1.29, 1.82) is 0 Å². The van der Waals surface area contributed by atoms with E-state index in [9.17, 15) is 9.59 Å². The Hall–Kier alpha value is -2.04. The second-order valence-corrected chi connectivity index (χ2v) is 6.99. The largest absolute Gasteiger partial charge is 0.368 e. The zero-order valence-corrected chi connectivity index (χ0v) is 16.2. The Morgan fingerprint density at radius 1 is 1.08 bits per heavy atom. The van der Waals surface area contributed by atoms with Gasteiger partial charge < -0.3 is 15.1 Å². The van der Waals surface area contributed by atoms with Gasteiger partial charge >= 0.3 is 0 Å². The maximum Gasteiger partial charge on any atom is 0.224 e. The minimum absolute atomic E-state index is 0.0828. The molecule has 1 N–H and O–H groups in total. The fourth-order valence-corrected chi connectivity index (χ4v) is 3.42. The summed E-state index contributed by atoms with van der Waals surface area (Å²) in [6, 6.07) is 10.3. The Labute approximate surface area is 157 Å². The van der Waals surface area contributed by atoms with Gasteiger partial charge in [-0.25, -0.2) is 0 Å². The molecule has 1 saturated heterocycles. The number of anilines is 1. The number of nitrogens with one attached hydrogen (secondary N) is 1. The van der Waals surface area contributed by atoms with Gasteiger partial charge in [-0.05, 0) is 25.0 Å². The zero-order chi connectivity index (χ0) is 18.8. The van der Waals surface area contributed by atoms with Crippen molar-refractivity contribution in [2.24, 2.45) is 5.92 Å². The summed E-state index contributed by atoms with van der Waals surface area (Å²) >= 11 is 0. The van der Waals surface area contributed by atoms with Crippen molar-refractivity contribution in [2.75, 3.05) is 37.6 Å². The third kappa shape index (κ3) is 6.04. The molecule has 0 aromatic heterocycles. The predicted molar refractivity (Wildman–Crippen MR) is 106 cm³/mol. The Morgan fingerprint density at radius 2 is 1.77 bits per heavy atom. The Morgan fingerprint density at radius 3 is 2.38 bits per heavy atom. The highest BCUT2D eigenvalue weighted by Gasteiger charge is 2.21. The lowest BCUT2D eigenvalue weighted by Crippen LogP contribution is -2.49. The summed E-state index contributed by atoms with van der Waals surface area (Å²) in [4.78, 5) is 28.8. The van der Waals surface area contributed by atoms with E-state index in [0.717, 1.165) is 51.9 Å². The minimum Gasteiger partial charge on any atom is -0.368 e. The van der Waals surface area contributed by atoms with Gasteiger partial charge in [-0.15, -0.1) is 0 Å². The highest BCUT2D eigenvalue weighted by Crippen LogP contribution is 2.16. The number of para-hydroxylation sites is 1. The summed E-state index contributed by atoms with van der Waals surface area (Å²) in [6.45, 7) is 7.84. The standard InChI is InChI=1S/C21H33N3O2/c1-3-5-9-18(4-2)21(26)22-13-12-20(25)24-16-14-23(15-17-24)19-10-7-6-8-11-19/h6-8,10-11,18H,3-5,9,12-17H2,1-2H3,(H,22,26). The number of benzene rings is 1. The third-order valence-electron chi connectivity index (χ3n) is 5.16. The molecular formula is C21H33N3O2. The summed E-state index contributed by atoms with van der Waals surface area (Å²) < 4.78 is 0. The number of hydrogen-bond acceptors (Lipinski definition) is 3. The van der Waals surface area contributed by atoms with Gasteiger partial charge in [0.1, 0.15) is 0 Å². The van der Waals surface area contributed by atoms with Crippen LogP contribution in [0.1, 0.15) is 46.0 Å². The number of carbonyl (C=O) groups excluding carboxylic acids is 2. The summed E-state index contributed by atoms with van der Waals surface area (Å²) in [6.07, 6.45) is 4.38. The van der Waals surface area contributed by atoms with Crippen LogP contribution < -0.4 is 10.2 Å². The monoisotopic (exact) mass is 359 g/mol. The molecule has 2 rings (SSSR count). The van der Waals surface area contributed by atoms with Crippen LogP contribution in [-0.2, 0) is 9.59 Å². The Balaban J connectivity index is 1.68. The summed E-state index contributed by atoms with van der Waals surface area (Å²) in [5.41, 5.74) is 1.21. The molecule has 0 saturated carbocycles. The fourth-order valence-electron chi connectivity index (χ4n) is 3.42. The van der Waals surface area contributed by atoms with Crippen LogP contribution in [0.2, 0.25) is 0 Å². The number of piperazine rings is 1. The van der Waals surface area contributed by atoms with Crippen molar-refractivity contribution in [3.63, 3.8) is 0 Å². The van der Waals surface area contributed by atoms with E-state index >= 15 is 0 Å². The topological polar surface area (TPSA) is 52.7 Å². The van der Waals surface area contributed by atoms with Gasteiger partial charge in [0.15, 0.2) is 0 Å². The van der Waals surface area contributed by atoms with Crippen LogP contribution in [0.3, 0.4) is 0 Å². The maximum absolute atomic E-state index is 12.4. The number of rotatable bonds is 9. The molecule has 1 aliphatic heterocycles. The first-order valence-electron chi connectivity index (χ1n) is 10.0. The highest BCUT2D eigenvalue weighted by molar-refractivity contribution is 5.80. The second kappa shape index (κ2) is 10.8. The molecule has 5 nitrogen and oxygen atoms in total. The molecule has 5 heteroatoms. The molecule has 0 aliphatic carbocycles. The van der Waals surface area contributed by atoms with Gasteiger partial charge in [0.05, 0.1) is 0 Å². The summed E-state index contributed by atoms with van der Waals surface area (Å²) in [5, 5.41) is 2.95. The molecule has 1 heterocycles. The van der Waals surface area contributed by atoms with Crippen molar-refractivity contribution in [1.82, 2.24) is 10.2 Å². The van der Waals surface area contributed by atoms with Crippen molar-refractivity contribution in [2.45, 2.75) is 46.0 Å². The van der Waals surface area contributed by atoms with Crippen LogP contribution in [0.4, 0.5) is 5.69 Å². The van der Waals surface area contributed by atoms with Crippen molar-refractivity contribution in [3.8, 4) is 0 Å². The lowest BCUT2D eigenvalue weighted by Gasteiger charge is -2.36. The van der Waals surface area contributed by atoms with Crippen LogP contribution in [0.5, 0.6) is 0 Å². The molecule has 0 radical (unpaired) electrons. The lowest BCUT2D eigenvalue weighted by atomic mass is 9.98. The first kappa shape index (κ1) is 20.3. The molecule has 1 fully saturated rings. The van der Waals surface area contributed by atoms with Crippen LogP contribution in [0.25, 0.3) is 0 Å². The average molecular weight is 360 g/mol. The van der Waals surface area contributed by atoms with Crippen LogP contribution in [0, 0.1) is 5.92 Å². The molecule has 0 bridgehead atoms. The van der Waals surface area contributed by atoms with E-state index in [1.165, 1.54) is 5.69 Å². The predicted octanol–water partition coefficient (Wildman–Crippen LogP) is 3.06. The first-order chi connectivity index (χ1) is 12.7. The van der Waals surface area contributed by atoms with E-state index in [4.69, 9.17) is 0 Å². The second-order valence-electron chi connectivity index (χ2n) is 6.99. The number of unbranched alkanes of at least 4 members (excludes halogenated alkanes) is 1. The normalized spacial score (nSPS) is 15.6. The molecule has 2 amide bonds. The average Bonchev–Trinajstić information content (AvgIpc) is 2.69. The van der Waals surface area contributed by atoms with Gasteiger partial charge in [0.25, 0.3) is 0 Å². The van der Waals surface area contributed by atoms with E-state index in [1.54, 1.807) is 0 Å². The van der Waals surface area contributed by atoms with Gasteiger partial charge in [0.2, 0.25) is 11.8 Å². The summed E-state index contributed by atoms with van der Waals surface area (Å²) in [7, 11) is 0. The van der Waals surface area contributed by atoms with E-state index in [2.05, 4.69) is 36.2 Å². The molecule has 1 atom stereocenters. The lowest BCUT2D eigenvalue weighted by molar-refractivity contribution is -0.131. The van der Waals surface area contributed by atoms with E-state index in [0.29, 0.717) is 13.0 Å². The SMILES string of the molecule is CCCCC(CC)C(=O)NCCC(=O)N1CCN(c2ccccc2)CC1. The van der Waals surface area contributed by atoms with E-state index in [-0.39, 0.29) is 17.7 Å². The van der Waals surface area contributed by atoms with Crippen molar-refractivity contribution >= 4 is 17.5 Å². The fraction of sp³-hybridized carbons (Fsp3) is 0.619. The van der Waals surface area contributed by atoms with Gasteiger partial charge in [0, 0.05) is 50.7 Å². The molecule has 1 aliphatic rings. The van der Waals surface area contributed by atoms with Crippen LogP contribution in [-0.4, -0.2) is 49.4 Å². The zero-order valence-electron chi connectivity index (χ0n) is 16.2. The van der Waals surface area contributed by atoms with Crippen LogP contribution >= 0.6 is 0 Å². The van der Waals surface area contributed by atoms with Gasteiger partial charge in [-0.2, -0.15) is 0 Å². The molecule has 1 unspecified atom stereocenters. The molecule has 144 valence electrons. The van der Waals surface area contributed by atoms with Crippen molar-refractivity contribution < 1.29 is 9.59 Å². The smallest absolute Gasteiger partial charge is 0.224 e.